The van der Waals surface area contributed by atoms with Crippen LogP contribution in [0, 0.1) is 5.92 Å². The van der Waals surface area contributed by atoms with Gasteiger partial charge in [0.05, 0.1) is 6.61 Å². The first-order valence-electron chi connectivity index (χ1n) is 5.74. The van der Waals surface area contributed by atoms with Gasteiger partial charge in [0.2, 0.25) is 0 Å². The molecule has 1 fully saturated rings. The Balaban J connectivity index is 1.88. The zero-order valence-electron chi connectivity index (χ0n) is 9.32. The van der Waals surface area contributed by atoms with E-state index in [0.29, 0.717) is 5.92 Å². The molecule has 0 saturated carbocycles. The van der Waals surface area contributed by atoms with E-state index in [1.807, 2.05) is 18.2 Å². The zero-order valence-corrected chi connectivity index (χ0v) is 10.9. The normalized spacial score (nSPS) is 17.3. The minimum atomic E-state index is 0.650. The predicted octanol–water partition coefficient (Wildman–Crippen LogP) is 3.39. The first-order valence-corrected chi connectivity index (χ1v) is 6.86. The topological polar surface area (TPSA) is 18.5 Å². The fraction of sp³-hybridized carbons (Fsp3) is 0.538. The summed E-state index contributed by atoms with van der Waals surface area (Å²) in [6.07, 6.45) is 2.24. The predicted molar refractivity (Wildman–Crippen MR) is 68.1 cm³/mol. The van der Waals surface area contributed by atoms with E-state index in [-0.39, 0.29) is 0 Å². The van der Waals surface area contributed by atoms with Crippen molar-refractivity contribution in [3.63, 3.8) is 0 Å². The Hall–Kier alpha value is -0.540. The average molecular weight is 285 g/mol. The van der Waals surface area contributed by atoms with Gasteiger partial charge in [-0.1, -0.05) is 34.1 Å². The van der Waals surface area contributed by atoms with Gasteiger partial charge in [-0.05, 0) is 24.8 Å². The number of halogens is 1. The molecule has 0 radical (unpaired) electrons. The van der Waals surface area contributed by atoms with Gasteiger partial charge in [0.15, 0.2) is 0 Å². The molecule has 1 saturated heterocycles. The molecule has 0 bridgehead atoms. The van der Waals surface area contributed by atoms with E-state index in [9.17, 15) is 0 Å². The number of alkyl halides is 1. The minimum Gasteiger partial charge on any atom is -0.493 e. The van der Waals surface area contributed by atoms with Crippen LogP contribution in [0.25, 0.3) is 0 Å². The highest BCUT2D eigenvalue weighted by Crippen LogP contribution is 2.23. The second-order valence-electron chi connectivity index (χ2n) is 4.11. The highest BCUT2D eigenvalue weighted by molar-refractivity contribution is 9.08. The summed E-state index contributed by atoms with van der Waals surface area (Å²) in [5.74, 6) is 1.66. The van der Waals surface area contributed by atoms with Crippen LogP contribution in [0.5, 0.6) is 5.75 Å². The average Bonchev–Trinajstić information content (AvgIpc) is 2.38. The monoisotopic (exact) mass is 284 g/mol. The number of ether oxygens (including phenoxy) is 2. The molecule has 1 aromatic carbocycles. The van der Waals surface area contributed by atoms with Gasteiger partial charge in [-0.25, -0.2) is 0 Å². The van der Waals surface area contributed by atoms with E-state index in [1.165, 1.54) is 5.56 Å². The summed E-state index contributed by atoms with van der Waals surface area (Å²) in [6, 6.07) is 8.19. The summed E-state index contributed by atoms with van der Waals surface area (Å²) in [4.78, 5) is 0. The lowest BCUT2D eigenvalue weighted by Gasteiger charge is -2.22. The molecule has 0 N–H and O–H groups in total. The molecule has 0 unspecified atom stereocenters. The number of hydrogen-bond acceptors (Lipinski definition) is 2. The fourth-order valence-corrected chi connectivity index (χ4v) is 2.34. The molecule has 1 heterocycles. The first-order chi connectivity index (χ1) is 7.90. The summed E-state index contributed by atoms with van der Waals surface area (Å²) in [6.45, 7) is 2.58. The van der Waals surface area contributed by atoms with Gasteiger partial charge in [0.1, 0.15) is 5.75 Å². The quantitative estimate of drug-likeness (QED) is 0.789. The number of hydrogen-bond donors (Lipinski definition) is 0. The molecule has 2 nitrogen and oxygen atoms in total. The van der Waals surface area contributed by atoms with E-state index in [2.05, 4.69) is 22.0 Å². The zero-order chi connectivity index (χ0) is 11.2. The van der Waals surface area contributed by atoms with Gasteiger partial charge < -0.3 is 9.47 Å². The Morgan fingerprint density at radius 3 is 2.75 bits per heavy atom. The maximum Gasteiger partial charge on any atom is 0.123 e. The maximum absolute atomic E-state index is 5.88. The molecule has 88 valence electrons. The Bertz CT molecular complexity index is 321. The van der Waals surface area contributed by atoms with Crippen LogP contribution in [0.1, 0.15) is 18.4 Å². The molecular weight excluding hydrogens is 268 g/mol. The third-order valence-electron chi connectivity index (χ3n) is 2.93. The molecule has 3 heteroatoms. The van der Waals surface area contributed by atoms with Crippen LogP contribution in [0.2, 0.25) is 0 Å². The van der Waals surface area contributed by atoms with Crippen molar-refractivity contribution in [2.75, 3.05) is 19.8 Å². The highest BCUT2D eigenvalue weighted by atomic mass is 79.9. The van der Waals surface area contributed by atoms with Crippen molar-refractivity contribution >= 4 is 15.9 Å². The number of benzene rings is 1. The smallest absolute Gasteiger partial charge is 0.123 e. The summed E-state index contributed by atoms with van der Waals surface area (Å²) >= 11 is 3.47. The van der Waals surface area contributed by atoms with Crippen molar-refractivity contribution in [3.05, 3.63) is 29.8 Å². The van der Waals surface area contributed by atoms with Crippen LogP contribution in [0.3, 0.4) is 0 Å². The lowest BCUT2D eigenvalue weighted by Crippen LogP contribution is -2.21. The second-order valence-corrected chi connectivity index (χ2v) is 4.67. The van der Waals surface area contributed by atoms with Crippen molar-refractivity contribution in [3.8, 4) is 5.75 Å². The van der Waals surface area contributed by atoms with E-state index in [4.69, 9.17) is 9.47 Å². The lowest BCUT2D eigenvalue weighted by molar-refractivity contribution is 0.0496. The van der Waals surface area contributed by atoms with E-state index < -0.39 is 0 Å². The summed E-state index contributed by atoms with van der Waals surface area (Å²) in [7, 11) is 0. The second kappa shape index (κ2) is 6.26. The molecule has 16 heavy (non-hydrogen) atoms. The molecule has 1 aromatic rings. The van der Waals surface area contributed by atoms with Crippen molar-refractivity contribution in [1.29, 1.82) is 0 Å². The Morgan fingerprint density at radius 1 is 1.25 bits per heavy atom. The number of para-hydroxylation sites is 1. The molecular formula is C13H17BrO2. The molecule has 0 aliphatic carbocycles. The maximum atomic E-state index is 5.88. The SMILES string of the molecule is BrCc1ccccc1OCC1CCOCC1. The summed E-state index contributed by atoms with van der Waals surface area (Å²) < 4.78 is 11.2. The summed E-state index contributed by atoms with van der Waals surface area (Å²) in [5.41, 5.74) is 1.22. The summed E-state index contributed by atoms with van der Waals surface area (Å²) in [5, 5.41) is 0.844. The van der Waals surface area contributed by atoms with Gasteiger partial charge in [0.25, 0.3) is 0 Å². The fourth-order valence-electron chi connectivity index (χ4n) is 1.88. The Morgan fingerprint density at radius 2 is 2.00 bits per heavy atom. The lowest BCUT2D eigenvalue weighted by atomic mass is 10.0. The largest absolute Gasteiger partial charge is 0.493 e. The van der Waals surface area contributed by atoms with Crippen LogP contribution in [0.4, 0.5) is 0 Å². The number of rotatable bonds is 4. The Kier molecular flexibility index (Phi) is 4.67. The first kappa shape index (κ1) is 11.9. The molecule has 1 aliphatic rings. The van der Waals surface area contributed by atoms with Crippen molar-refractivity contribution in [1.82, 2.24) is 0 Å². The highest BCUT2D eigenvalue weighted by Gasteiger charge is 2.14. The Labute approximate surface area is 105 Å². The molecule has 0 amide bonds. The standard InChI is InChI=1S/C13H17BrO2/c14-9-12-3-1-2-4-13(12)16-10-11-5-7-15-8-6-11/h1-4,11H,5-10H2. The third kappa shape index (κ3) is 3.22. The van der Waals surface area contributed by atoms with Crippen LogP contribution in [-0.2, 0) is 10.1 Å². The van der Waals surface area contributed by atoms with E-state index in [1.54, 1.807) is 0 Å². The van der Waals surface area contributed by atoms with Gasteiger partial charge in [-0.15, -0.1) is 0 Å². The molecule has 0 atom stereocenters. The van der Waals surface area contributed by atoms with Crippen LogP contribution < -0.4 is 4.74 Å². The minimum absolute atomic E-state index is 0.650. The van der Waals surface area contributed by atoms with Gasteiger partial charge in [0, 0.05) is 24.1 Å². The van der Waals surface area contributed by atoms with Gasteiger partial charge >= 0.3 is 0 Å². The molecule has 1 aliphatic heterocycles. The molecule has 0 aromatic heterocycles. The van der Waals surface area contributed by atoms with E-state index >= 15 is 0 Å². The van der Waals surface area contributed by atoms with Crippen LogP contribution in [0.15, 0.2) is 24.3 Å². The van der Waals surface area contributed by atoms with Crippen LogP contribution in [-0.4, -0.2) is 19.8 Å². The van der Waals surface area contributed by atoms with Crippen molar-refractivity contribution < 1.29 is 9.47 Å². The van der Waals surface area contributed by atoms with Gasteiger partial charge in [-0.2, -0.15) is 0 Å². The third-order valence-corrected chi connectivity index (χ3v) is 3.54. The van der Waals surface area contributed by atoms with E-state index in [0.717, 1.165) is 43.7 Å². The molecule has 0 spiro atoms. The van der Waals surface area contributed by atoms with Crippen molar-refractivity contribution in [2.45, 2.75) is 18.2 Å². The van der Waals surface area contributed by atoms with Crippen molar-refractivity contribution in [2.24, 2.45) is 5.92 Å². The van der Waals surface area contributed by atoms with Crippen LogP contribution >= 0.6 is 15.9 Å². The van der Waals surface area contributed by atoms with Gasteiger partial charge in [-0.3, -0.25) is 0 Å². The molecule has 2 rings (SSSR count).